The molecule has 1 aromatic heterocycles. The molecule has 0 unspecified atom stereocenters. The van der Waals surface area contributed by atoms with Crippen molar-refractivity contribution in [3.63, 3.8) is 0 Å². The van der Waals surface area contributed by atoms with Gasteiger partial charge in [-0.3, -0.25) is 9.59 Å². The summed E-state index contributed by atoms with van der Waals surface area (Å²) in [5.74, 6) is -0.591. The Morgan fingerprint density at radius 2 is 2.21 bits per heavy atom. The number of carbonyl (C=O) groups excluding carboxylic acids is 2. The summed E-state index contributed by atoms with van der Waals surface area (Å²) < 4.78 is 4.50. The predicted octanol–water partition coefficient (Wildman–Crippen LogP) is 1.04. The molecule has 0 bridgehead atoms. The third kappa shape index (κ3) is 2.85. The minimum absolute atomic E-state index is 0.150. The second-order valence-corrected chi connectivity index (χ2v) is 4.09. The van der Waals surface area contributed by atoms with Crippen LogP contribution < -0.4 is 11.1 Å². The molecule has 19 heavy (non-hydrogen) atoms. The third-order valence-corrected chi connectivity index (χ3v) is 2.79. The maximum absolute atomic E-state index is 12.0. The van der Waals surface area contributed by atoms with Crippen molar-refractivity contribution in [2.24, 2.45) is 0 Å². The number of carbonyl (C=O) groups is 2. The summed E-state index contributed by atoms with van der Waals surface area (Å²) in [5.41, 5.74) is 7.63. The summed E-state index contributed by atoms with van der Waals surface area (Å²) in [5, 5.41) is 3.46. The van der Waals surface area contributed by atoms with Crippen LogP contribution in [-0.2, 0) is 9.53 Å². The van der Waals surface area contributed by atoms with Gasteiger partial charge in [-0.25, -0.2) is 0 Å². The van der Waals surface area contributed by atoms with Crippen molar-refractivity contribution in [2.45, 2.75) is 6.42 Å². The van der Waals surface area contributed by atoms with E-state index in [0.717, 1.165) is 10.9 Å². The number of fused-ring (bicyclic) bond motifs is 1. The van der Waals surface area contributed by atoms with Crippen LogP contribution in [-0.4, -0.2) is 30.5 Å². The van der Waals surface area contributed by atoms with Crippen molar-refractivity contribution in [3.05, 3.63) is 30.0 Å². The molecule has 6 nitrogen and oxygen atoms in total. The number of amides is 1. The molecule has 2 aromatic rings. The predicted molar refractivity (Wildman–Crippen MR) is 71.7 cm³/mol. The number of benzene rings is 1. The Morgan fingerprint density at radius 3 is 2.95 bits per heavy atom. The van der Waals surface area contributed by atoms with Gasteiger partial charge in [0.2, 0.25) is 0 Å². The van der Waals surface area contributed by atoms with Gasteiger partial charge in [0.1, 0.15) is 0 Å². The Bertz CT molecular complexity index is 619. The van der Waals surface area contributed by atoms with Crippen LogP contribution in [0.25, 0.3) is 10.9 Å². The van der Waals surface area contributed by atoms with Crippen molar-refractivity contribution < 1.29 is 14.3 Å². The first kappa shape index (κ1) is 12.9. The summed E-state index contributed by atoms with van der Waals surface area (Å²) in [6.07, 6.45) is 1.77. The van der Waals surface area contributed by atoms with Crippen molar-refractivity contribution in [1.82, 2.24) is 10.3 Å². The molecule has 1 aromatic carbocycles. The number of methoxy groups -OCH3 is 1. The molecule has 1 heterocycles. The van der Waals surface area contributed by atoms with Crippen LogP contribution >= 0.6 is 0 Å². The summed E-state index contributed by atoms with van der Waals surface area (Å²) in [4.78, 5) is 25.9. The Kier molecular flexibility index (Phi) is 3.70. The van der Waals surface area contributed by atoms with E-state index >= 15 is 0 Å². The highest BCUT2D eigenvalue weighted by atomic mass is 16.5. The zero-order valence-electron chi connectivity index (χ0n) is 10.5. The van der Waals surface area contributed by atoms with Gasteiger partial charge in [-0.15, -0.1) is 0 Å². The average Bonchev–Trinajstić information content (AvgIpc) is 2.81. The monoisotopic (exact) mass is 261 g/mol. The van der Waals surface area contributed by atoms with Crippen LogP contribution in [0, 0.1) is 0 Å². The summed E-state index contributed by atoms with van der Waals surface area (Å²) in [6.45, 7) is 0.243. The van der Waals surface area contributed by atoms with Crippen molar-refractivity contribution in [3.8, 4) is 0 Å². The zero-order valence-corrected chi connectivity index (χ0v) is 10.5. The van der Waals surface area contributed by atoms with Crippen LogP contribution in [0.1, 0.15) is 16.8 Å². The topological polar surface area (TPSA) is 97.2 Å². The van der Waals surface area contributed by atoms with E-state index in [4.69, 9.17) is 5.73 Å². The average molecular weight is 261 g/mol. The molecule has 0 radical (unpaired) electrons. The quantitative estimate of drug-likeness (QED) is 0.566. The molecule has 0 aliphatic rings. The Labute approximate surface area is 109 Å². The first-order chi connectivity index (χ1) is 9.11. The largest absolute Gasteiger partial charge is 0.469 e. The van der Waals surface area contributed by atoms with Crippen LogP contribution in [0.3, 0.4) is 0 Å². The molecule has 6 heteroatoms. The number of hydrogen-bond acceptors (Lipinski definition) is 4. The molecule has 4 N–H and O–H groups in total. The molecule has 0 saturated carbocycles. The van der Waals surface area contributed by atoms with Gasteiger partial charge in [-0.1, -0.05) is 0 Å². The number of aromatic nitrogens is 1. The molecule has 0 fully saturated rings. The van der Waals surface area contributed by atoms with E-state index in [1.165, 1.54) is 7.11 Å². The second kappa shape index (κ2) is 5.43. The highest BCUT2D eigenvalue weighted by Gasteiger charge is 2.12. The van der Waals surface area contributed by atoms with Gasteiger partial charge >= 0.3 is 5.97 Å². The normalized spacial score (nSPS) is 10.4. The SMILES string of the molecule is COC(=O)CCNC(=O)c1c[nH]c2cc(N)ccc12. The van der Waals surface area contributed by atoms with Crippen LogP contribution in [0.2, 0.25) is 0 Å². The first-order valence-electron chi connectivity index (χ1n) is 5.83. The van der Waals surface area contributed by atoms with Gasteiger partial charge in [-0.05, 0) is 18.2 Å². The van der Waals surface area contributed by atoms with Crippen molar-refractivity contribution in [1.29, 1.82) is 0 Å². The standard InChI is InChI=1S/C13H15N3O3/c1-19-12(17)4-5-15-13(18)10-7-16-11-6-8(14)2-3-9(10)11/h2-3,6-7,16H,4-5,14H2,1H3,(H,15,18). The lowest BCUT2D eigenvalue weighted by atomic mass is 10.1. The molecule has 0 spiro atoms. The summed E-state index contributed by atoms with van der Waals surface area (Å²) in [7, 11) is 1.31. The van der Waals surface area contributed by atoms with E-state index in [1.54, 1.807) is 24.4 Å². The van der Waals surface area contributed by atoms with Crippen LogP contribution in [0.4, 0.5) is 5.69 Å². The lowest BCUT2D eigenvalue weighted by molar-refractivity contribution is -0.140. The molecule has 0 atom stereocenters. The van der Waals surface area contributed by atoms with Gasteiger partial charge in [0.05, 0.1) is 19.1 Å². The molecule has 0 saturated heterocycles. The van der Waals surface area contributed by atoms with Crippen molar-refractivity contribution in [2.75, 3.05) is 19.4 Å². The van der Waals surface area contributed by atoms with Gasteiger partial charge in [0.25, 0.3) is 5.91 Å². The lowest BCUT2D eigenvalue weighted by Crippen LogP contribution is -2.26. The fraction of sp³-hybridized carbons (Fsp3) is 0.231. The number of hydrogen-bond donors (Lipinski definition) is 3. The molecule has 1 amide bonds. The number of nitrogens with two attached hydrogens (primary N) is 1. The van der Waals surface area contributed by atoms with Crippen LogP contribution in [0.5, 0.6) is 0 Å². The highest BCUT2D eigenvalue weighted by molar-refractivity contribution is 6.07. The number of rotatable bonds is 4. The maximum Gasteiger partial charge on any atom is 0.307 e. The Balaban J connectivity index is 2.07. The highest BCUT2D eigenvalue weighted by Crippen LogP contribution is 2.20. The number of ether oxygens (including phenoxy) is 1. The smallest absolute Gasteiger partial charge is 0.307 e. The van der Waals surface area contributed by atoms with E-state index in [-0.39, 0.29) is 24.8 Å². The number of esters is 1. The fourth-order valence-electron chi connectivity index (χ4n) is 1.81. The number of aromatic amines is 1. The number of nitrogens with one attached hydrogen (secondary N) is 2. The van der Waals surface area contributed by atoms with Gasteiger partial charge in [0, 0.05) is 29.3 Å². The first-order valence-corrected chi connectivity index (χ1v) is 5.83. The minimum Gasteiger partial charge on any atom is -0.469 e. The van der Waals surface area contributed by atoms with Gasteiger partial charge in [0.15, 0.2) is 0 Å². The van der Waals surface area contributed by atoms with E-state index in [2.05, 4.69) is 15.0 Å². The fourth-order valence-corrected chi connectivity index (χ4v) is 1.81. The zero-order chi connectivity index (χ0) is 13.8. The van der Waals surface area contributed by atoms with Gasteiger partial charge < -0.3 is 20.8 Å². The molecule has 0 aliphatic carbocycles. The van der Waals surface area contributed by atoms with Gasteiger partial charge in [-0.2, -0.15) is 0 Å². The molecule has 0 aliphatic heterocycles. The molecular formula is C13H15N3O3. The third-order valence-electron chi connectivity index (χ3n) is 2.79. The number of H-pyrrole nitrogens is 1. The van der Waals surface area contributed by atoms with Crippen LogP contribution in [0.15, 0.2) is 24.4 Å². The van der Waals surface area contributed by atoms with E-state index in [0.29, 0.717) is 11.3 Å². The van der Waals surface area contributed by atoms with E-state index in [9.17, 15) is 9.59 Å². The van der Waals surface area contributed by atoms with E-state index in [1.807, 2.05) is 0 Å². The molecule has 2 rings (SSSR count). The lowest BCUT2D eigenvalue weighted by Gasteiger charge is -2.03. The Morgan fingerprint density at radius 1 is 1.42 bits per heavy atom. The molecular weight excluding hydrogens is 246 g/mol. The minimum atomic E-state index is -0.355. The Hall–Kier alpha value is -2.50. The number of nitrogen functional groups attached to an aromatic ring is 1. The summed E-state index contributed by atoms with van der Waals surface area (Å²) >= 11 is 0. The summed E-state index contributed by atoms with van der Waals surface area (Å²) in [6, 6.07) is 5.29. The second-order valence-electron chi connectivity index (χ2n) is 4.09. The van der Waals surface area contributed by atoms with E-state index < -0.39 is 0 Å². The maximum atomic E-state index is 12.0. The molecule has 100 valence electrons. The van der Waals surface area contributed by atoms with Crippen molar-refractivity contribution >= 4 is 28.5 Å². The number of anilines is 1.